The first kappa shape index (κ1) is 14.5. The van der Waals surface area contributed by atoms with E-state index in [1.54, 1.807) is 0 Å². The Morgan fingerprint density at radius 1 is 1.30 bits per heavy atom. The summed E-state index contributed by atoms with van der Waals surface area (Å²) in [4.78, 5) is 10.6. The third kappa shape index (κ3) is 2.27. The number of thiophene rings is 1. The van der Waals surface area contributed by atoms with E-state index in [1.165, 1.54) is 17.5 Å². The molecule has 0 aliphatic heterocycles. The van der Waals surface area contributed by atoms with Gasteiger partial charge in [-0.2, -0.15) is 0 Å². The second-order valence-electron chi connectivity index (χ2n) is 3.77. The summed E-state index contributed by atoms with van der Waals surface area (Å²) in [6.07, 6.45) is 0. The van der Waals surface area contributed by atoms with E-state index in [-0.39, 0.29) is 15.5 Å². The van der Waals surface area contributed by atoms with Gasteiger partial charge in [0, 0.05) is 5.38 Å². The number of halogens is 1. The Labute approximate surface area is 118 Å². The van der Waals surface area contributed by atoms with Gasteiger partial charge < -0.3 is 10.5 Å². The van der Waals surface area contributed by atoms with Gasteiger partial charge >= 0.3 is 5.97 Å². The van der Waals surface area contributed by atoms with Gasteiger partial charge in [0.25, 0.3) is 0 Å². The van der Waals surface area contributed by atoms with Crippen LogP contribution in [0.1, 0.15) is 9.67 Å². The maximum atomic E-state index is 13.6. The molecule has 106 valence electrons. The molecule has 1 aromatic carbocycles. The van der Waals surface area contributed by atoms with E-state index in [2.05, 4.69) is 4.74 Å². The molecule has 2 rings (SSSR count). The van der Waals surface area contributed by atoms with Crippen LogP contribution in [-0.4, -0.2) is 21.5 Å². The van der Waals surface area contributed by atoms with Gasteiger partial charge in [0.05, 0.1) is 12.8 Å². The van der Waals surface area contributed by atoms with Crippen LogP contribution in [0.15, 0.2) is 39.4 Å². The van der Waals surface area contributed by atoms with Crippen molar-refractivity contribution in [3.63, 3.8) is 0 Å². The smallest absolute Gasteiger partial charge is 0.350 e. The van der Waals surface area contributed by atoms with Gasteiger partial charge in [-0.15, -0.1) is 11.3 Å². The summed E-state index contributed by atoms with van der Waals surface area (Å²) in [6, 6.07) is 4.96. The maximum absolute atomic E-state index is 13.6. The number of hydrogen-bond donors (Lipinski definition) is 1. The largest absolute Gasteiger partial charge is 0.465 e. The Morgan fingerprint density at radius 2 is 1.95 bits per heavy atom. The third-order valence-electron chi connectivity index (χ3n) is 2.58. The maximum Gasteiger partial charge on any atom is 0.350 e. The van der Waals surface area contributed by atoms with Crippen molar-refractivity contribution in [2.75, 3.05) is 12.8 Å². The minimum Gasteiger partial charge on any atom is -0.465 e. The van der Waals surface area contributed by atoms with E-state index in [9.17, 15) is 17.6 Å². The molecule has 1 heterocycles. The fraction of sp³-hybridized carbons (Fsp3) is 0.0833. The standard InChI is InChI=1S/C12H10FNO4S2/c1-18-12(15)11-10(14)9(6-19-11)20(16,17)8-5-3-2-4-7(8)13/h2-6H,14H2,1H3. The predicted octanol–water partition coefficient (Wildman–Crippen LogP) is 2.09. The SMILES string of the molecule is COC(=O)c1scc(S(=O)(=O)c2ccccc2F)c1N. The second-order valence-corrected chi connectivity index (χ2v) is 6.53. The molecule has 0 radical (unpaired) electrons. The molecular formula is C12H10FNO4S2. The molecule has 5 nitrogen and oxygen atoms in total. The van der Waals surface area contributed by atoms with Crippen molar-refractivity contribution < 1.29 is 22.3 Å². The molecular weight excluding hydrogens is 305 g/mol. The average Bonchev–Trinajstić information content (AvgIpc) is 2.80. The molecule has 0 fully saturated rings. The number of ether oxygens (including phenoxy) is 1. The number of nitrogen functional groups attached to an aromatic ring is 1. The topological polar surface area (TPSA) is 86.5 Å². The molecule has 0 aliphatic carbocycles. The van der Waals surface area contributed by atoms with E-state index in [1.807, 2.05) is 0 Å². The van der Waals surface area contributed by atoms with Crippen LogP contribution in [0.5, 0.6) is 0 Å². The molecule has 2 aromatic rings. The van der Waals surface area contributed by atoms with E-state index < -0.39 is 26.5 Å². The lowest BCUT2D eigenvalue weighted by atomic mass is 10.3. The zero-order valence-electron chi connectivity index (χ0n) is 10.3. The Kier molecular flexibility index (Phi) is 3.78. The second kappa shape index (κ2) is 5.22. The highest BCUT2D eigenvalue weighted by Gasteiger charge is 2.28. The van der Waals surface area contributed by atoms with Crippen molar-refractivity contribution in [1.82, 2.24) is 0 Å². The number of nitrogens with two attached hydrogens (primary N) is 1. The molecule has 0 saturated heterocycles. The van der Waals surface area contributed by atoms with E-state index >= 15 is 0 Å². The van der Waals surface area contributed by atoms with Gasteiger partial charge in [-0.3, -0.25) is 0 Å². The fourth-order valence-corrected chi connectivity index (χ4v) is 4.29. The molecule has 0 atom stereocenters. The number of sulfone groups is 1. The van der Waals surface area contributed by atoms with Gasteiger partial charge in [-0.05, 0) is 12.1 Å². The van der Waals surface area contributed by atoms with Crippen LogP contribution in [-0.2, 0) is 14.6 Å². The lowest BCUT2D eigenvalue weighted by Crippen LogP contribution is -2.08. The third-order valence-corrected chi connectivity index (χ3v) is 5.53. The highest BCUT2D eigenvalue weighted by atomic mass is 32.2. The molecule has 2 N–H and O–H groups in total. The molecule has 0 amide bonds. The fourth-order valence-electron chi connectivity index (χ4n) is 1.59. The van der Waals surface area contributed by atoms with E-state index in [0.717, 1.165) is 30.6 Å². The number of methoxy groups -OCH3 is 1. The van der Waals surface area contributed by atoms with Gasteiger partial charge in [-0.25, -0.2) is 17.6 Å². The Balaban J connectivity index is 2.60. The highest BCUT2D eigenvalue weighted by molar-refractivity contribution is 7.91. The van der Waals surface area contributed by atoms with Crippen molar-refractivity contribution in [3.8, 4) is 0 Å². The zero-order valence-corrected chi connectivity index (χ0v) is 11.9. The average molecular weight is 315 g/mol. The minimum absolute atomic E-state index is 0.0255. The molecule has 8 heteroatoms. The number of rotatable bonds is 3. The summed E-state index contributed by atoms with van der Waals surface area (Å²) in [5.74, 6) is -1.61. The highest BCUT2D eigenvalue weighted by Crippen LogP contribution is 2.34. The molecule has 0 saturated carbocycles. The van der Waals surface area contributed by atoms with Crippen LogP contribution in [0.25, 0.3) is 0 Å². The summed E-state index contributed by atoms with van der Waals surface area (Å²) in [5.41, 5.74) is 5.43. The van der Waals surface area contributed by atoms with Gasteiger partial charge in [-0.1, -0.05) is 12.1 Å². The number of benzene rings is 1. The first-order valence-electron chi connectivity index (χ1n) is 5.34. The van der Waals surface area contributed by atoms with Gasteiger partial charge in [0.2, 0.25) is 9.84 Å². The normalized spacial score (nSPS) is 11.3. The summed E-state index contributed by atoms with van der Waals surface area (Å²) in [7, 11) is -2.96. The van der Waals surface area contributed by atoms with Crippen LogP contribution >= 0.6 is 11.3 Å². The lowest BCUT2D eigenvalue weighted by molar-refractivity contribution is 0.0607. The Bertz CT molecular complexity index is 768. The van der Waals surface area contributed by atoms with Gasteiger partial charge in [0.15, 0.2) is 0 Å². The number of carbonyl (C=O) groups is 1. The van der Waals surface area contributed by atoms with Crippen LogP contribution in [0.2, 0.25) is 0 Å². The van der Waals surface area contributed by atoms with Crippen LogP contribution in [0.4, 0.5) is 10.1 Å². The Morgan fingerprint density at radius 3 is 2.55 bits per heavy atom. The van der Waals surface area contributed by atoms with Crippen LogP contribution in [0, 0.1) is 5.82 Å². The summed E-state index contributed by atoms with van der Waals surface area (Å²) in [5, 5.41) is 1.20. The number of carbonyl (C=O) groups excluding carboxylic acids is 1. The van der Waals surface area contributed by atoms with E-state index in [0.29, 0.717) is 0 Å². The summed E-state index contributed by atoms with van der Waals surface area (Å²) in [6.45, 7) is 0. The molecule has 0 bridgehead atoms. The van der Waals surface area contributed by atoms with Crippen molar-refractivity contribution >= 4 is 32.8 Å². The van der Waals surface area contributed by atoms with Crippen molar-refractivity contribution in [3.05, 3.63) is 40.3 Å². The quantitative estimate of drug-likeness (QED) is 0.876. The summed E-state index contributed by atoms with van der Waals surface area (Å²) < 4.78 is 42.8. The predicted molar refractivity (Wildman–Crippen MR) is 71.9 cm³/mol. The van der Waals surface area contributed by atoms with Crippen molar-refractivity contribution in [2.45, 2.75) is 9.79 Å². The zero-order chi connectivity index (χ0) is 14.9. The Hall–Kier alpha value is -1.93. The lowest BCUT2D eigenvalue weighted by Gasteiger charge is -2.05. The van der Waals surface area contributed by atoms with E-state index in [4.69, 9.17) is 5.73 Å². The molecule has 0 spiro atoms. The minimum atomic E-state index is -4.12. The summed E-state index contributed by atoms with van der Waals surface area (Å²) >= 11 is 0.835. The van der Waals surface area contributed by atoms with Gasteiger partial charge in [0.1, 0.15) is 20.5 Å². The number of hydrogen-bond acceptors (Lipinski definition) is 6. The molecule has 0 unspecified atom stereocenters. The molecule has 0 aliphatic rings. The van der Waals surface area contributed by atoms with Crippen LogP contribution < -0.4 is 5.73 Å². The first-order chi connectivity index (χ1) is 9.39. The monoisotopic (exact) mass is 315 g/mol. The molecule has 20 heavy (non-hydrogen) atoms. The number of anilines is 1. The van der Waals surface area contributed by atoms with Crippen LogP contribution in [0.3, 0.4) is 0 Å². The first-order valence-corrected chi connectivity index (χ1v) is 7.70. The van der Waals surface area contributed by atoms with Crippen molar-refractivity contribution in [2.24, 2.45) is 0 Å². The molecule has 1 aromatic heterocycles. The van der Waals surface area contributed by atoms with Crippen molar-refractivity contribution in [1.29, 1.82) is 0 Å². The number of esters is 1.